The second kappa shape index (κ2) is 4.15. The Bertz CT molecular complexity index is 488. The first-order valence-corrected chi connectivity index (χ1v) is 7.02. The average molecular weight is 242 g/mol. The Morgan fingerprint density at radius 3 is 2.94 bits per heavy atom. The quantitative estimate of drug-likeness (QED) is 0.669. The van der Waals surface area contributed by atoms with Gasteiger partial charge in [-0.05, 0) is 48.4 Å². The van der Waals surface area contributed by atoms with Crippen LogP contribution in [0.5, 0.6) is 5.75 Å². The fourth-order valence-electron chi connectivity index (χ4n) is 3.83. The van der Waals surface area contributed by atoms with E-state index in [-0.39, 0.29) is 5.41 Å². The van der Waals surface area contributed by atoms with Crippen LogP contribution in [0, 0.1) is 5.92 Å². The number of benzene rings is 1. The minimum atomic E-state index is 0.170. The van der Waals surface area contributed by atoms with Crippen molar-refractivity contribution >= 4 is 0 Å². The minimum absolute atomic E-state index is 0.170. The lowest BCUT2D eigenvalue weighted by molar-refractivity contribution is 0.403. The van der Waals surface area contributed by atoms with Crippen LogP contribution in [0.3, 0.4) is 0 Å². The molecular weight excluding hydrogens is 220 g/mol. The van der Waals surface area contributed by atoms with Crippen LogP contribution >= 0.6 is 0 Å². The molecule has 2 aliphatic carbocycles. The maximum Gasteiger partial charge on any atom is 0.119 e. The normalized spacial score (nSPS) is 30.6. The van der Waals surface area contributed by atoms with Crippen LogP contribution in [-0.2, 0) is 11.8 Å². The third kappa shape index (κ3) is 1.60. The van der Waals surface area contributed by atoms with Gasteiger partial charge in [-0.25, -0.2) is 0 Å². The van der Waals surface area contributed by atoms with E-state index in [1.165, 1.54) is 48.8 Å². The summed E-state index contributed by atoms with van der Waals surface area (Å²) in [4.78, 5) is 0. The van der Waals surface area contributed by atoms with Crippen molar-refractivity contribution in [2.45, 2.75) is 44.4 Å². The van der Waals surface area contributed by atoms with Gasteiger partial charge in [0.05, 0.1) is 7.11 Å². The topological polar surface area (TPSA) is 9.23 Å². The summed E-state index contributed by atoms with van der Waals surface area (Å²) in [6.45, 7) is 6.82. The number of hydrogen-bond acceptors (Lipinski definition) is 1. The Morgan fingerprint density at radius 2 is 2.17 bits per heavy atom. The second-order valence-electron chi connectivity index (χ2n) is 6.03. The molecule has 0 aliphatic heterocycles. The summed E-state index contributed by atoms with van der Waals surface area (Å²) in [7, 11) is 1.75. The van der Waals surface area contributed by atoms with Crippen LogP contribution in [0.25, 0.3) is 0 Å². The molecule has 0 aromatic heterocycles. The molecule has 2 aliphatic rings. The van der Waals surface area contributed by atoms with Gasteiger partial charge >= 0.3 is 0 Å². The molecular formula is C17H22O. The van der Waals surface area contributed by atoms with Gasteiger partial charge in [0.2, 0.25) is 0 Å². The highest BCUT2D eigenvalue weighted by Crippen LogP contribution is 2.50. The van der Waals surface area contributed by atoms with E-state index in [1.54, 1.807) is 7.11 Å². The summed E-state index contributed by atoms with van der Waals surface area (Å²) in [6.07, 6.45) is 6.41. The summed E-state index contributed by atoms with van der Waals surface area (Å²) in [5.41, 5.74) is 4.60. The molecule has 0 spiro atoms. The first-order chi connectivity index (χ1) is 8.65. The number of hydrogen-bond donors (Lipinski definition) is 0. The van der Waals surface area contributed by atoms with Crippen LogP contribution < -0.4 is 4.74 Å². The summed E-state index contributed by atoms with van der Waals surface area (Å²) in [5.74, 6) is 1.67. The molecule has 1 nitrogen and oxygen atoms in total. The van der Waals surface area contributed by atoms with Gasteiger partial charge in [-0.3, -0.25) is 0 Å². The fourth-order valence-corrected chi connectivity index (χ4v) is 3.83. The molecule has 2 atom stereocenters. The first-order valence-electron chi connectivity index (χ1n) is 7.02. The van der Waals surface area contributed by atoms with Crippen LogP contribution in [0.4, 0.5) is 0 Å². The summed E-state index contributed by atoms with van der Waals surface area (Å²) in [6, 6.07) is 6.60. The molecule has 0 amide bonds. The summed E-state index contributed by atoms with van der Waals surface area (Å²) >= 11 is 0. The molecule has 96 valence electrons. The van der Waals surface area contributed by atoms with Crippen molar-refractivity contribution in [1.29, 1.82) is 0 Å². The van der Waals surface area contributed by atoms with Gasteiger partial charge in [0.15, 0.2) is 0 Å². The third-order valence-electron chi connectivity index (χ3n) is 5.06. The van der Waals surface area contributed by atoms with Crippen LogP contribution in [0.1, 0.15) is 43.7 Å². The van der Waals surface area contributed by atoms with E-state index < -0.39 is 0 Å². The van der Waals surface area contributed by atoms with E-state index >= 15 is 0 Å². The first kappa shape index (κ1) is 11.8. The van der Waals surface area contributed by atoms with Crippen molar-refractivity contribution in [3.63, 3.8) is 0 Å². The molecule has 0 heterocycles. The molecule has 0 radical (unpaired) electrons. The largest absolute Gasteiger partial charge is 0.497 e. The standard InChI is InChI=1S/C17H22O/c1-12-13-6-4-5-9-17(12,2)16-11-15(18-3)8-7-14(16)10-13/h7-8,11,13H,1,4-6,9-10H2,2-3H3. The number of fused-ring (bicyclic) bond motifs is 4. The Hall–Kier alpha value is -1.24. The van der Waals surface area contributed by atoms with Crippen LogP contribution in [-0.4, -0.2) is 7.11 Å². The fraction of sp³-hybridized carbons (Fsp3) is 0.529. The molecule has 18 heavy (non-hydrogen) atoms. The second-order valence-corrected chi connectivity index (χ2v) is 6.03. The van der Waals surface area contributed by atoms with Gasteiger partial charge in [0, 0.05) is 5.41 Å². The van der Waals surface area contributed by atoms with Gasteiger partial charge in [-0.1, -0.05) is 38.0 Å². The van der Waals surface area contributed by atoms with Gasteiger partial charge < -0.3 is 4.74 Å². The van der Waals surface area contributed by atoms with Gasteiger partial charge in [0.1, 0.15) is 5.75 Å². The minimum Gasteiger partial charge on any atom is -0.497 e. The van der Waals surface area contributed by atoms with Crippen molar-refractivity contribution in [2.24, 2.45) is 5.92 Å². The van der Waals surface area contributed by atoms with E-state index in [0.29, 0.717) is 5.92 Å². The lowest BCUT2D eigenvalue weighted by Crippen LogP contribution is -2.33. The molecule has 1 aromatic carbocycles. The van der Waals surface area contributed by atoms with E-state index in [9.17, 15) is 0 Å². The van der Waals surface area contributed by atoms with E-state index in [0.717, 1.165) is 5.75 Å². The van der Waals surface area contributed by atoms with Crippen molar-refractivity contribution < 1.29 is 4.74 Å². The van der Waals surface area contributed by atoms with Gasteiger partial charge in [-0.2, -0.15) is 0 Å². The SMILES string of the molecule is C=C1C2CCCCC1(C)c1cc(OC)ccc1C2. The van der Waals surface area contributed by atoms with Gasteiger partial charge in [-0.15, -0.1) is 0 Å². The lowest BCUT2D eigenvalue weighted by Gasteiger charge is -2.41. The van der Waals surface area contributed by atoms with Crippen LogP contribution in [0.15, 0.2) is 30.4 Å². The van der Waals surface area contributed by atoms with Gasteiger partial charge in [0.25, 0.3) is 0 Å². The molecule has 2 unspecified atom stereocenters. The Morgan fingerprint density at radius 1 is 1.33 bits per heavy atom. The van der Waals surface area contributed by atoms with Crippen molar-refractivity contribution in [2.75, 3.05) is 7.11 Å². The zero-order chi connectivity index (χ0) is 12.8. The maximum absolute atomic E-state index is 5.40. The van der Waals surface area contributed by atoms with E-state index in [4.69, 9.17) is 4.74 Å². The number of methoxy groups -OCH3 is 1. The van der Waals surface area contributed by atoms with E-state index in [1.807, 2.05) is 0 Å². The molecule has 1 saturated carbocycles. The highest BCUT2D eigenvalue weighted by molar-refractivity contribution is 5.49. The maximum atomic E-state index is 5.40. The van der Waals surface area contributed by atoms with Crippen molar-refractivity contribution in [3.8, 4) is 5.75 Å². The molecule has 3 rings (SSSR count). The Balaban J connectivity index is 2.16. The molecule has 0 N–H and O–H groups in total. The van der Waals surface area contributed by atoms with Crippen molar-refractivity contribution in [1.82, 2.24) is 0 Å². The third-order valence-corrected chi connectivity index (χ3v) is 5.06. The number of ether oxygens (including phenoxy) is 1. The van der Waals surface area contributed by atoms with E-state index in [2.05, 4.69) is 31.7 Å². The zero-order valence-corrected chi connectivity index (χ0v) is 11.5. The predicted octanol–water partition coefficient (Wildman–Crippen LogP) is 4.26. The summed E-state index contributed by atoms with van der Waals surface area (Å²) in [5, 5.41) is 0. The molecule has 1 aromatic rings. The Kier molecular flexibility index (Phi) is 2.73. The molecule has 2 bridgehead atoms. The lowest BCUT2D eigenvalue weighted by atomic mass is 9.63. The molecule has 0 saturated heterocycles. The molecule has 1 fully saturated rings. The van der Waals surface area contributed by atoms with Crippen LogP contribution in [0.2, 0.25) is 0 Å². The van der Waals surface area contributed by atoms with Crippen molar-refractivity contribution in [3.05, 3.63) is 41.5 Å². The summed E-state index contributed by atoms with van der Waals surface area (Å²) < 4.78 is 5.40. The highest BCUT2D eigenvalue weighted by atomic mass is 16.5. The Labute approximate surface area is 110 Å². The monoisotopic (exact) mass is 242 g/mol. The smallest absolute Gasteiger partial charge is 0.119 e. The zero-order valence-electron chi connectivity index (χ0n) is 11.5. The highest BCUT2D eigenvalue weighted by Gasteiger charge is 2.41. The number of rotatable bonds is 1. The molecule has 1 heteroatoms. The average Bonchev–Trinajstić information content (AvgIpc) is 2.48. The number of allylic oxidation sites excluding steroid dienone is 1. The predicted molar refractivity (Wildman–Crippen MR) is 75.1 cm³/mol.